The summed E-state index contributed by atoms with van der Waals surface area (Å²) in [4.78, 5) is 11.3. The summed E-state index contributed by atoms with van der Waals surface area (Å²) in [5.41, 5.74) is 1.72. The van der Waals surface area contributed by atoms with Gasteiger partial charge in [-0.2, -0.15) is 5.10 Å². The molecule has 0 saturated heterocycles. The van der Waals surface area contributed by atoms with Gasteiger partial charge >= 0.3 is 0 Å². The van der Waals surface area contributed by atoms with Crippen LogP contribution in [0, 0.1) is 0 Å². The maximum Gasteiger partial charge on any atom is 0.261 e. The van der Waals surface area contributed by atoms with Crippen LogP contribution in [0.4, 0.5) is 0 Å². The molecule has 82 valence electrons. The van der Waals surface area contributed by atoms with Gasteiger partial charge in [0, 0.05) is 18.2 Å². The molecule has 1 aliphatic heterocycles. The maximum absolute atomic E-state index is 11.3. The van der Waals surface area contributed by atoms with Gasteiger partial charge in [-0.25, -0.2) is 4.68 Å². The number of hydrogen-bond acceptors (Lipinski definition) is 3. The second kappa shape index (κ2) is 3.61. The Hall–Kier alpha value is -0.870. The van der Waals surface area contributed by atoms with Gasteiger partial charge in [-0.3, -0.25) is 4.79 Å². The second-order valence-corrected chi connectivity index (χ2v) is 4.57. The van der Waals surface area contributed by atoms with Crippen molar-refractivity contribution in [2.45, 2.75) is 32.5 Å². The lowest BCUT2D eigenvalue weighted by atomic mass is 9.98. The number of carbonyl (C=O) groups excluding carboxylic acids is 1. The molecule has 0 saturated carbocycles. The predicted octanol–water partition coefficient (Wildman–Crippen LogP) is 1.61. The molecule has 2 heterocycles. The monoisotopic (exact) mass is 228 g/mol. The summed E-state index contributed by atoms with van der Waals surface area (Å²) in [5, 5.41) is 4.22. The highest BCUT2D eigenvalue weighted by atomic mass is 35.5. The number of carbonyl (C=O) groups is 1. The van der Waals surface area contributed by atoms with Crippen molar-refractivity contribution in [1.29, 1.82) is 0 Å². The third-order valence-electron chi connectivity index (χ3n) is 2.46. The van der Waals surface area contributed by atoms with E-state index in [1.54, 1.807) is 6.20 Å². The molecule has 1 aromatic rings. The van der Waals surface area contributed by atoms with E-state index in [9.17, 15) is 4.79 Å². The normalized spacial score (nSPS) is 18.6. The molecular formula is C10H13ClN2O2. The molecule has 0 amide bonds. The number of ether oxygens (including phenoxy) is 1. The van der Waals surface area contributed by atoms with Gasteiger partial charge in [-0.15, -0.1) is 11.6 Å². The van der Waals surface area contributed by atoms with Crippen LogP contribution in [-0.4, -0.2) is 27.2 Å². The third-order valence-corrected chi connectivity index (χ3v) is 2.69. The summed E-state index contributed by atoms with van der Waals surface area (Å²) in [6.07, 6.45) is 2.43. The van der Waals surface area contributed by atoms with Crippen LogP contribution in [0.1, 0.15) is 29.9 Å². The molecule has 0 spiro atoms. The fraction of sp³-hybridized carbons (Fsp3) is 0.600. The number of aromatic nitrogens is 2. The molecule has 0 N–H and O–H groups in total. The lowest BCUT2D eigenvalue weighted by Gasteiger charge is -2.28. The highest BCUT2D eigenvalue weighted by molar-refractivity contribution is 6.27. The van der Waals surface area contributed by atoms with Crippen LogP contribution in [0.3, 0.4) is 0 Å². The number of nitrogens with zero attached hydrogens (tertiary/aromatic N) is 2. The van der Waals surface area contributed by atoms with E-state index in [1.807, 2.05) is 13.8 Å². The van der Waals surface area contributed by atoms with Crippen molar-refractivity contribution < 1.29 is 9.53 Å². The summed E-state index contributed by atoms with van der Waals surface area (Å²) in [7, 11) is 0. The van der Waals surface area contributed by atoms with Crippen LogP contribution < -0.4 is 0 Å². The van der Waals surface area contributed by atoms with Crippen molar-refractivity contribution >= 4 is 17.5 Å². The van der Waals surface area contributed by atoms with Crippen LogP contribution in [-0.2, 0) is 17.8 Å². The third kappa shape index (κ3) is 2.06. The molecule has 4 nitrogen and oxygen atoms in total. The van der Waals surface area contributed by atoms with Crippen LogP contribution in [0.25, 0.3) is 0 Å². The van der Waals surface area contributed by atoms with E-state index in [2.05, 4.69) is 5.10 Å². The number of halogens is 1. The lowest BCUT2D eigenvalue weighted by Crippen LogP contribution is -2.31. The summed E-state index contributed by atoms with van der Waals surface area (Å²) in [6, 6.07) is 0. The standard InChI is InChI=1S/C10H13ClN2O2/c1-10(2)3-8-7(6-15-10)5-13(12-8)9(14)4-11/h5H,3-4,6H2,1-2H3. The smallest absolute Gasteiger partial charge is 0.261 e. The van der Waals surface area contributed by atoms with Crippen molar-refractivity contribution in [3.8, 4) is 0 Å². The van der Waals surface area contributed by atoms with Crippen LogP contribution >= 0.6 is 11.6 Å². The Balaban J connectivity index is 2.29. The molecule has 5 heteroatoms. The summed E-state index contributed by atoms with van der Waals surface area (Å²) >= 11 is 5.46. The summed E-state index contributed by atoms with van der Waals surface area (Å²) in [6.45, 7) is 4.54. The number of alkyl halides is 1. The minimum Gasteiger partial charge on any atom is -0.370 e. The van der Waals surface area contributed by atoms with Gasteiger partial charge in [0.25, 0.3) is 5.91 Å². The van der Waals surface area contributed by atoms with Gasteiger partial charge in [-0.05, 0) is 13.8 Å². The predicted molar refractivity (Wildman–Crippen MR) is 56.1 cm³/mol. The minimum absolute atomic E-state index is 0.0508. The Kier molecular flexibility index (Phi) is 2.56. The highest BCUT2D eigenvalue weighted by Crippen LogP contribution is 2.26. The largest absolute Gasteiger partial charge is 0.370 e. The molecule has 0 aromatic carbocycles. The van der Waals surface area contributed by atoms with E-state index in [0.29, 0.717) is 6.61 Å². The van der Waals surface area contributed by atoms with E-state index in [0.717, 1.165) is 17.7 Å². The van der Waals surface area contributed by atoms with Gasteiger partial charge in [0.2, 0.25) is 0 Å². The lowest BCUT2D eigenvalue weighted by molar-refractivity contribution is -0.0406. The Morgan fingerprint density at radius 3 is 3.13 bits per heavy atom. The van der Waals surface area contributed by atoms with Crippen molar-refractivity contribution in [1.82, 2.24) is 9.78 Å². The first-order valence-electron chi connectivity index (χ1n) is 4.82. The molecular weight excluding hydrogens is 216 g/mol. The zero-order valence-electron chi connectivity index (χ0n) is 8.79. The van der Waals surface area contributed by atoms with Gasteiger partial charge in [0.1, 0.15) is 5.88 Å². The first-order chi connectivity index (χ1) is 7.02. The molecule has 0 unspecified atom stereocenters. The van der Waals surface area contributed by atoms with E-state index >= 15 is 0 Å². The van der Waals surface area contributed by atoms with Crippen LogP contribution in [0.2, 0.25) is 0 Å². The summed E-state index contributed by atoms with van der Waals surface area (Å²) < 4.78 is 6.93. The van der Waals surface area contributed by atoms with Crippen molar-refractivity contribution in [3.05, 3.63) is 17.5 Å². The molecule has 0 aliphatic carbocycles. The molecule has 0 atom stereocenters. The zero-order chi connectivity index (χ0) is 11.1. The van der Waals surface area contributed by atoms with E-state index < -0.39 is 0 Å². The number of fused-ring (bicyclic) bond motifs is 1. The molecule has 1 aromatic heterocycles. The Morgan fingerprint density at radius 2 is 2.47 bits per heavy atom. The minimum atomic E-state index is -0.205. The average molecular weight is 229 g/mol. The second-order valence-electron chi connectivity index (χ2n) is 4.30. The molecule has 15 heavy (non-hydrogen) atoms. The molecule has 2 rings (SSSR count). The molecule has 0 fully saturated rings. The molecule has 0 bridgehead atoms. The van der Waals surface area contributed by atoms with Gasteiger partial charge in [0.05, 0.1) is 17.9 Å². The van der Waals surface area contributed by atoms with Crippen molar-refractivity contribution in [3.63, 3.8) is 0 Å². The first-order valence-corrected chi connectivity index (χ1v) is 5.36. The quantitative estimate of drug-likeness (QED) is 0.686. The van der Waals surface area contributed by atoms with Gasteiger partial charge in [-0.1, -0.05) is 0 Å². The van der Waals surface area contributed by atoms with Crippen molar-refractivity contribution in [2.75, 3.05) is 5.88 Å². The van der Waals surface area contributed by atoms with Crippen molar-refractivity contribution in [2.24, 2.45) is 0 Å². The fourth-order valence-corrected chi connectivity index (χ4v) is 1.75. The maximum atomic E-state index is 11.3. The summed E-state index contributed by atoms with van der Waals surface area (Å²) in [5.74, 6) is -0.256. The number of hydrogen-bond donors (Lipinski definition) is 0. The Bertz CT molecular complexity index is 398. The average Bonchev–Trinajstić information content (AvgIpc) is 2.57. The van der Waals surface area contributed by atoms with Gasteiger partial charge < -0.3 is 4.74 Å². The number of rotatable bonds is 1. The van der Waals surface area contributed by atoms with E-state index in [-0.39, 0.29) is 17.4 Å². The fourth-order valence-electron chi connectivity index (χ4n) is 1.63. The van der Waals surface area contributed by atoms with E-state index in [1.165, 1.54) is 4.68 Å². The first kappa shape index (κ1) is 10.6. The Labute approximate surface area is 93.2 Å². The van der Waals surface area contributed by atoms with Crippen LogP contribution in [0.5, 0.6) is 0 Å². The topological polar surface area (TPSA) is 44.1 Å². The zero-order valence-corrected chi connectivity index (χ0v) is 9.54. The van der Waals surface area contributed by atoms with Crippen LogP contribution in [0.15, 0.2) is 6.20 Å². The van der Waals surface area contributed by atoms with E-state index in [4.69, 9.17) is 16.3 Å². The molecule has 0 radical (unpaired) electrons. The Morgan fingerprint density at radius 1 is 1.73 bits per heavy atom. The van der Waals surface area contributed by atoms with Gasteiger partial charge in [0.15, 0.2) is 0 Å². The molecule has 1 aliphatic rings. The highest BCUT2D eigenvalue weighted by Gasteiger charge is 2.28. The SMILES string of the molecule is CC1(C)Cc2nn(C(=O)CCl)cc2CO1.